The Morgan fingerprint density at radius 3 is 2.67 bits per heavy atom. The molecule has 1 aromatic carbocycles. The standard InChI is InChI=1S/C16H16N4O/c1-11-7-12(2)9-13(8-11)16(21)17-10-15-19-18-14-5-3-4-6-20(14)15/h3-9H,10H2,1-2H3,(H,17,21). The van der Waals surface area contributed by atoms with Crippen molar-refractivity contribution in [2.75, 3.05) is 0 Å². The molecule has 0 fully saturated rings. The van der Waals surface area contributed by atoms with Crippen molar-refractivity contribution < 1.29 is 4.79 Å². The molecule has 0 aliphatic carbocycles. The second-order valence-electron chi connectivity index (χ2n) is 5.10. The SMILES string of the molecule is Cc1cc(C)cc(C(=O)NCc2nnc3ccccn23)c1. The highest BCUT2D eigenvalue weighted by Gasteiger charge is 2.09. The Balaban J connectivity index is 1.76. The van der Waals surface area contributed by atoms with E-state index < -0.39 is 0 Å². The molecular formula is C16H16N4O. The second kappa shape index (κ2) is 5.36. The van der Waals surface area contributed by atoms with Crippen LogP contribution in [0.5, 0.6) is 0 Å². The predicted molar refractivity (Wildman–Crippen MR) is 80.1 cm³/mol. The molecule has 0 atom stereocenters. The molecule has 3 aromatic rings. The van der Waals surface area contributed by atoms with Gasteiger partial charge in [-0.1, -0.05) is 23.3 Å². The van der Waals surface area contributed by atoms with Crippen LogP contribution in [0.15, 0.2) is 42.6 Å². The molecule has 5 heteroatoms. The van der Waals surface area contributed by atoms with E-state index in [2.05, 4.69) is 15.5 Å². The molecule has 3 rings (SSSR count). The van der Waals surface area contributed by atoms with Gasteiger partial charge in [0.2, 0.25) is 0 Å². The lowest BCUT2D eigenvalue weighted by Gasteiger charge is -2.06. The number of rotatable bonds is 3. The third-order valence-corrected chi connectivity index (χ3v) is 3.28. The first kappa shape index (κ1) is 13.3. The molecule has 0 aliphatic heterocycles. The van der Waals surface area contributed by atoms with Gasteiger partial charge in [-0.15, -0.1) is 10.2 Å². The quantitative estimate of drug-likeness (QED) is 0.800. The largest absolute Gasteiger partial charge is 0.345 e. The van der Waals surface area contributed by atoms with Crippen molar-refractivity contribution in [3.05, 3.63) is 65.1 Å². The topological polar surface area (TPSA) is 59.3 Å². The van der Waals surface area contributed by atoms with Crippen LogP contribution in [0.4, 0.5) is 0 Å². The van der Waals surface area contributed by atoms with Crippen LogP contribution in [0.1, 0.15) is 27.3 Å². The first-order chi connectivity index (χ1) is 10.1. The van der Waals surface area contributed by atoms with Gasteiger partial charge in [0.1, 0.15) is 0 Å². The van der Waals surface area contributed by atoms with Crippen molar-refractivity contribution in [1.29, 1.82) is 0 Å². The number of hydrogen-bond acceptors (Lipinski definition) is 3. The summed E-state index contributed by atoms with van der Waals surface area (Å²) in [5, 5.41) is 11.0. The van der Waals surface area contributed by atoms with Crippen molar-refractivity contribution in [2.45, 2.75) is 20.4 Å². The summed E-state index contributed by atoms with van der Waals surface area (Å²) in [5.74, 6) is 0.609. The molecule has 0 aliphatic rings. The molecule has 2 aromatic heterocycles. The van der Waals surface area contributed by atoms with Crippen LogP contribution in [0.2, 0.25) is 0 Å². The molecule has 106 valence electrons. The number of aryl methyl sites for hydroxylation is 2. The number of nitrogens with zero attached hydrogens (tertiary/aromatic N) is 3. The lowest BCUT2D eigenvalue weighted by Crippen LogP contribution is -2.24. The van der Waals surface area contributed by atoms with Crippen molar-refractivity contribution >= 4 is 11.6 Å². The highest BCUT2D eigenvalue weighted by atomic mass is 16.1. The average Bonchev–Trinajstić information content (AvgIpc) is 2.87. The minimum absolute atomic E-state index is 0.102. The number of hydrogen-bond donors (Lipinski definition) is 1. The van der Waals surface area contributed by atoms with Gasteiger partial charge < -0.3 is 5.32 Å². The van der Waals surface area contributed by atoms with Gasteiger partial charge in [-0.3, -0.25) is 9.20 Å². The average molecular weight is 280 g/mol. The number of aromatic nitrogens is 3. The van der Waals surface area contributed by atoms with Gasteiger partial charge in [-0.2, -0.15) is 0 Å². The van der Waals surface area contributed by atoms with Crippen LogP contribution in [0.3, 0.4) is 0 Å². The summed E-state index contributed by atoms with van der Waals surface area (Å²) in [4.78, 5) is 12.2. The van der Waals surface area contributed by atoms with Crippen LogP contribution in [-0.2, 0) is 6.54 Å². The first-order valence-corrected chi connectivity index (χ1v) is 6.78. The van der Waals surface area contributed by atoms with Gasteiger partial charge in [-0.25, -0.2) is 0 Å². The van der Waals surface area contributed by atoms with Crippen LogP contribution in [0, 0.1) is 13.8 Å². The maximum Gasteiger partial charge on any atom is 0.251 e. The molecule has 0 unspecified atom stereocenters. The Morgan fingerprint density at radius 1 is 1.14 bits per heavy atom. The third kappa shape index (κ3) is 2.76. The summed E-state index contributed by atoms with van der Waals surface area (Å²) >= 11 is 0. The van der Waals surface area contributed by atoms with Gasteiger partial charge >= 0.3 is 0 Å². The lowest BCUT2D eigenvalue weighted by atomic mass is 10.1. The lowest BCUT2D eigenvalue weighted by molar-refractivity contribution is 0.0949. The first-order valence-electron chi connectivity index (χ1n) is 6.78. The molecule has 2 heterocycles. The fourth-order valence-electron chi connectivity index (χ4n) is 2.38. The van der Waals surface area contributed by atoms with E-state index >= 15 is 0 Å². The maximum atomic E-state index is 12.2. The maximum absolute atomic E-state index is 12.2. The van der Waals surface area contributed by atoms with E-state index in [-0.39, 0.29) is 5.91 Å². The van der Waals surface area contributed by atoms with Crippen molar-refractivity contribution in [3.8, 4) is 0 Å². The van der Waals surface area contributed by atoms with E-state index in [9.17, 15) is 4.79 Å². The van der Waals surface area contributed by atoms with E-state index in [4.69, 9.17) is 0 Å². The number of pyridine rings is 1. The summed E-state index contributed by atoms with van der Waals surface area (Å²) < 4.78 is 1.86. The van der Waals surface area contributed by atoms with Crippen LogP contribution >= 0.6 is 0 Å². The Labute approximate surface area is 122 Å². The van der Waals surface area contributed by atoms with Crippen LogP contribution < -0.4 is 5.32 Å². The Bertz CT molecular complexity index is 787. The minimum atomic E-state index is -0.102. The normalized spacial score (nSPS) is 10.8. The third-order valence-electron chi connectivity index (χ3n) is 3.28. The number of carbonyl (C=O) groups is 1. The Hall–Kier alpha value is -2.69. The van der Waals surface area contributed by atoms with E-state index in [1.54, 1.807) is 0 Å². The number of fused-ring (bicyclic) bond motifs is 1. The summed E-state index contributed by atoms with van der Waals surface area (Å²) in [6.45, 7) is 4.31. The summed E-state index contributed by atoms with van der Waals surface area (Å²) in [6.07, 6.45) is 1.88. The minimum Gasteiger partial charge on any atom is -0.345 e. The molecule has 0 saturated carbocycles. The van der Waals surface area contributed by atoms with Gasteiger partial charge in [-0.05, 0) is 38.1 Å². The molecule has 0 saturated heterocycles. The van der Waals surface area contributed by atoms with Gasteiger partial charge in [0.15, 0.2) is 11.5 Å². The smallest absolute Gasteiger partial charge is 0.251 e. The summed E-state index contributed by atoms with van der Waals surface area (Å²) in [6, 6.07) is 11.5. The zero-order chi connectivity index (χ0) is 14.8. The Morgan fingerprint density at radius 2 is 1.90 bits per heavy atom. The fourth-order valence-corrected chi connectivity index (χ4v) is 2.38. The van der Waals surface area contributed by atoms with E-state index in [0.29, 0.717) is 17.9 Å². The fraction of sp³-hybridized carbons (Fsp3) is 0.188. The monoisotopic (exact) mass is 280 g/mol. The number of carbonyl (C=O) groups excluding carboxylic acids is 1. The van der Waals surface area contributed by atoms with Gasteiger partial charge in [0.05, 0.1) is 6.54 Å². The molecule has 5 nitrogen and oxygen atoms in total. The highest BCUT2D eigenvalue weighted by Crippen LogP contribution is 2.09. The van der Waals surface area contributed by atoms with E-state index in [1.807, 2.05) is 60.8 Å². The highest BCUT2D eigenvalue weighted by molar-refractivity contribution is 5.94. The molecule has 21 heavy (non-hydrogen) atoms. The van der Waals surface area contributed by atoms with E-state index in [1.165, 1.54) is 0 Å². The molecule has 1 N–H and O–H groups in total. The van der Waals surface area contributed by atoms with Crippen molar-refractivity contribution in [1.82, 2.24) is 19.9 Å². The van der Waals surface area contributed by atoms with Crippen molar-refractivity contribution in [3.63, 3.8) is 0 Å². The van der Waals surface area contributed by atoms with Crippen molar-refractivity contribution in [2.24, 2.45) is 0 Å². The molecule has 0 radical (unpaired) electrons. The molecule has 0 bridgehead atoms. The zero-order valence-electron chi connectivity index (χ0n) is 12.0. The van der Waals surface area contributed by atoms with Gasteiger partial charge in [0, 0.05) is 11.8 Å². The van der Waals surface area contributed by atoms with Crippen LogP contribution in [-0.4, -0.2) is 20.5 Å². The van der Waals surface area contributed by atoms with Gasteiger partial charge in [0.25, 0.3) is 5.91 Å². The molecular weight excluding hydrogens is 264 g/mol. The summed E-state index contributed by atoms with van der Waals surface area (Å²) in [7, 11) is 0. The number of benzene rings is 1. The Kier molecular flexibility index (Phi) is 3.39. The second-order valence-corrected chi connectivity index (χ2v) is 5.10. The number of amides is 1. The van der Waals surface area contributed by atoms with Crippen LogP contribution in [0.25, 0.3) is 5.65 Å². The molecule has 1 amide bonds. The predicted octanol–water partition coefficient (Wildman–Crippen LogP) is 2.28. The number of nitrogens with one attached hydrogen (secondary N) is 1. The zero-order valence-corrected chi connectivity index (χ0v) is 12.0. The summed E-state index contributed by atoms with van der Waals surface area (Å²) in [5.41, 5.74) is 3.59. The molecule has 0 spiro atoms. The van der Waals surface area contributed by atoms with E-state index in [0.717, 1.165) is 16.8 Å².